The monoisotopic (exact) mass is 834 g/mol. The summed E-state index contributed by atoms with van der Waals surface area (Å²) in [6.07, 6.45) is 22.5. The molecule has 57 heavy (non-hydrogen) atoms. The molecule has 0 radical (unpaired) electrons. The van der Waals surface area contributed by atoms with Gasteiger partial charge in [0.15, 0.2) is 0 Å². The Hall–Kier alpha value is -1.48. The van der Waals surface area contributed by atoms with Crippen LogP contribution >= 0.6 is 7.82 Å². The number of phosphoric ester groups is 1. The molecule has 1 aliphatic rings. The molecule has 14 heteroatoms. The van der Waals surface area contributed by atoms with Gasteiger partial charge in [0.05, 0.1) is 31.3 Å². The van der Waals surface area contributed by atoms with Crippen molar-refractivity contribution in [3.05, 3.63) is 36.5 Å². The van der Waals surface area contributed by atoms with E-state index in [0.717, 1.165) is 44.9 Å². The quantitative estimate of drug-likeness (QED) is 0.0187. The van der Waals surface area contributed by atoms with Gasteiger partial charge in [-0.2, -0.15) is 0 Å². The van der Waals surface area contributed by atoms with Gasteiger partial charge in [-0.3, -0.25) is 13.8 Å². The average molecular weight is 834 g/mol. The van der Waals surface area contributed by atoms with E-state index in [1.165, 1.54) is 89.5 Å². The van der Waals surface area contributed by atoms with Crippen molar-refractivity contribution in [2.45, 2.75) is 223 Å². The maximum Gasteiger partial charge on any atom is 0.472 e. The molecule has 334 valence electrons. The summed E-state index contributed by atoms with van der Waals surface area (Å²) >= 11 is 0. The van der Waals surface area contributed by atoms with Gasteiger partial charge in [0.2, 0.25) is 5.91 Å². The third kappa shape index (κ3) is 25.7. The molecule has 1 rings (SSSR count). The van der Waals surface area contributed by atoms with Crippen molar-refractivity contribution in [1.29, 1.82) is 0 Å². The number of phosphoric acid groups is 1. The highest BCUT2D eigenvalue weighted by molar-refractivity contribution is 7.47. The Morgan fingerprint density at radius 1 is 0.614 bits per heavy atom. The van der Waals surface area contributed by atoms with Gasteiger partial charge in [0.25, 0.3) is 0 Å². The van der Waals surface area contributed by atoms with E-state index in [0.29, 0.717) is 19.3 Å². The summed E-state index contributed by atoms with van der Waals surface area (Å²) in [4.78, 5) is 23.4. The zero-order chi connectivity index (χ0) is 42.3. The first-order valence-corrected chi connectivity index (χ1v) is 23.5. The second-order valence-corrected chi connectivity index (χ2v) is 17.1. The molecule has 1 saturated carbocycles. The average Bonchev–Trinajstić information content (AvgIpc) is 3.18. The number of unbranched alkanes of at least 4 members (excludes halogenated alkanes) is 18. The largest absolute Gasteiger partial charge is 0.472 e. The zero-order valence-corrected chi connectivity index (χ0v) is 35.9. The molecule has 0 bridgehead atoms. The Labute approximate surface area is 343 Å². The smallest absolute Gasteiger partial charge is 0.393 e. The van der Waals surface area contributed by atoms with Crippen molar-refractivity contribution in [2.75, 3.05) is 6.61 Å². The molecule has 1 amide bonds. The first-order valence-electron chi connectivity index (χ1n) is 22.0. The van der Waals surface area contributed by atoms with Crippen molar-refractivity contribution >= 4 is 13.7 Å². The fraction of sp³-hybridized carbons (Fsp3) is 0.837. The summed E-state index contributed by atoms with van der Waals surface area (Å²) in [5.41, 5.74) is 0. The normalized spacial score (nSPS) is 24.3. The molecule has 13 nitrogen and oxygen atoms in total. The van der Waals surface area contributed by atoms with E-state index in [9.17, 15) is 50.0 Å². The standard InChI is InChI=1S/C43H80NO12P/c1-3-5-7-9-11-13-15-17-18-19-20-22-24-26-28-30-34(45)32-37(47)44-35(36(46)31-29-27-25-23-21-16-14-12-10-8-6-4-2)33-55-57(53,54)56-43-41(51)39(49)38(48)40(50)42(43)52/h10,12,21,23,29,31,34-36,38-43,45-46,48-52H,3-9,11,13-20,22,24-28,30,32-33H2,1-2H3,(H,44,47)(H,53,54)/b12-10+,23-21+,31-29+. The second kappa shape index (κ2) is 33.3. The first-order chi connectivity index (χ1) is 27.3. The Bertz CT molecular complexity index is 1120. The highest BCUT2D eigenvalue weighted by Gasteiger charge is 2.51. The van der Waals surface area contributed by atoms with E-state index in [-0.39, 0.29) is 6.42 Å². The van der Waals surface area contributed by atoms with E-state index in [1.807, 2.05) is 6.08 Å². The Kier molecular flexibility index (Phi) is 31.2. The number of amides is 1. The van der Waals surface area contributed by atoms with E-state index in [1.54, 1.807) is 6.08 Å². The summed E-state index contributed by atoms with van der Waals surface area (Å²) < 4.78 is 22.8. The van der Waals surface area contributed by atoms with Crippen LogP contribution in [-0.2, 0) is 18.4 Å². The van der Waals surface area contributed by atoms with Gasteiger partial charge in [-0.25, -0.2) is 4.57 Å². The molecule has 0 aromatic carbocycles. The SMILES string of the molecule is CCCC/C=C/CC/C=C/CC/C=C/C(O)C(COP(=O)(O)OC1C(O)C(O)C(O)C(O)C1O)NC(=O)CC(O)CCCCCCCCCCCCCCCCC. The first kappa shape index (κ1) is 53.5. The number of carbonyl (C=O) groups is 1. The number of rotatable bonds is 35. The summed E-state index contributed by atoms with van der Waals surface area (Å²) in [5.74, 6) is -0.608. The molecule has 9 N–H and O–H groups in total. The Morgan fingerprint density at radius 3 is 1.53 bits per heavy atom. The highest BCUT2D eigenvalue weighted by atomic mass is 31.2. The summed E-state index contributed by atoms with van der Waals surface area (Å²) in [6, 6.07) is -1.26. The van der Waals surface area contributed by atoms with E-state index >= 15 is 0 Å². The fourth-order valence-electron chi connectivity index (χ4n) is 6.79. The van der Waals surface area contributed by atoms with Gasteiger partial charge in [0, 0.05) is 0 Å². The fourth-order valence-corrected chi connectivity index (χ4v) is 7.75. The molecule has 0 aliphatic heterocycles. The van der Waals surface area contributed by atoms with Gasteiger partial charge < -0.3 is 46.0 Å². The van der Waals surface area contributed by atoms with Crippen LogP contribution < -0.4 is 5.32 Å². The Balaban J connectivity index is 2.59. The molecular weight excluding hydrogens is 753 g/mol. The summed E-state index contributed by atoms with van der Waals surface area (Å²) in [6.45, 7) is 3.65. The van der Waals surface area contributed by atoms with Crippen molar-refractivity contribution < 1.29 is 59.0 Å². The van der Waals surface area contributed by atoms with E-state index in [2.05, 4.69) is 37.4 Å². The lowest BCUT2D eigenvalue weighted by Crippen LogP contribution is -2.64. The third-order valence-electron chi connectivity index (χ3n) is 10.5. The second-order valence-electron chi connectivity index (χ2n) is 15.7. The van der Waals surface area contributed by atoms with Crippen molar-refractivity contribution in [1.82, 2.24) is 5.32 Å². The van der Waals surface area contributed by atoms with E-state index in [4.69, 9.17) is 9.05 Å². The maximum atomic E-state index is 13.0. The van der Waals surface area contributed by atoms with Crippen LogP contribution in [0.3, 0.4) is 0 Å². The van der Waals surface area contributed by atoms with Gasteiger partial charge in [0.1, 0.15) is 36.6 Å². The van der Waals surface area contributed by atoms with E-state index < -0.39 is 75.2 Å². The van der Waals surface area contributed by atoms with Crippen LogP contribution in [0.15, 0.2) is 36.5 Å². The molecule has 0 aromatic rings. The van der Waals surface area contributed by atoms with Gasteiger partial charge in [-0.15, -0.1) is 0 Å². The number of carbonyl (C=O) groups excluding carboxylic acids is 1. The van der Waals surface area contributed by atoms with Gasteiger partial charge >= 0.3 is 7.82 Å². The predicted octanol–water partition coefficient (Wildman–Crippen LogP) is 6.58. The third-order valence-corrected chi connectivity index (χ3v) is 11.4. The lowest BCUT2D eigenvalue weighted by Gasteiger charge is -2.41. The maximum absolute atomic E-state index is 13.0. The minimum absolute atomic E-state index is 0.254. The Morgan fingerprint density at radius 2 is 1.04 bits per heavy atom. The molecule has 8 atom stereocenters. The van der Waals surface area contributed by atoms with Crippen molar-refractivity contribution in [3.63, 3.8) is 0 Å². The van der Waals surface area contributed by atoms with Gasteiger partial charge in [-0.05, 0) is 38.5 Å². The highest BCUT2D eigenvalue weighted by Crippen LogP contribution is 2.47. The van der Waals surface area contributed by atoms with Crippen LogP contribution in [0.5, 0.6) is 0 Å². The number of hydrogen-bond acceptors (Lipinski definition) is 11. The molecule has 1 aliphatic carbocycles. The van der Waals surface area contributed by atoms with Crippen LogP contribution in [0, 0.1) is 0 Å². The van der Waals surface area contributed by atoms with Crippen molar-refractivity contribution in [3.8, 4) is 0 Å². The molecular formula is C43H80NO12P. The molecule has 0 spiro atoms. The zero-order valence-electron chi connectivity index (χ0n) is 35.0. The lowest BCUT2D eigenvalue weighted by atomic mass is 9.85. The van der Waals surface area contributed by atoms with Gasteiger partial charge in [-0.1, -0.05) is 159 Å². The van der Waals surface area contributed by atoms with Crippen molar-refractivity contribution in [2.24, 2.45) is 0 Å². The van der Waals surface area contributed by atoms with Crippen LogP contribution in [0.2, 0.25) is 0 Å². The molecule has 0 saturated heterocycles. The molecule has 0 aromatic heterocycles. The van der Waals surface area contributed by atoms with Crippen LogP contribution in [0.25, 0.3) is 0 Å². The summed E-state index contributed by atoms with van der Waals surface area (Å²) in [7, 11) is -5.15. The number of allylic oxidation sites excluding steroid dienone is 5. The predicted molar refractivity (Wildman–Crippen MR) is 224 cm³/mol. The lowest BCUT2D eigenvalue weighted by molar-refractivity contribution is -0.220. The minimum Gasteiger partial charge on any atom is -0.393 e. The number of aliphatic hydroxyl groups excluding tert-OH is 7. The molecule has 8 unspecified atom stereocenters. The number of nitrogens with one attached hydrogen (secondary N) is 1. The van der Waals surface area contributed by atoms with Crippen LogP contribution in [0.1, 0.15) is 168 Å². The number of hydrogen-bond donors (Lipinski definition) is 9. The van der Waals surface area contributed by atoms with Crippen LogP contribution in [-0.4, -0.2) is 108 Å². The minimum atomic E-state index is -5.15. The molecule has 0 heterocycles. The van der Waals surface area contributed by atoms with Crippen LogP contribution in [0.4, 0.5) is 0 Å². The number of aliphatic hydroxyl groups is 7. The summed E-state index contributed by atoms with van der Waals surface area (Å²) in [5, 5.41) is 74.2. The topological polar surface area (TPSA) is 226 Å². The molecule has 1 fully saturated rings.